The lowest BCUT2D eigenvalue weighted by Crippen LogP contribution is -2.07. The van der Waals surface area contributed by atoms with Gasteiger partial charge in [0.25, 0.3) is 0 Å². The zero-order valence-corrected chi connectivity index (χ0v) is 18.3. The summed E-state index contributed by atoms with van der Waals surface area (Å²) in [6.07, 6.45) is -2.76. The standard InChI is InChI=1S/C28H20F3N3/c1-17-8-3-5-10-20(17)23-14-19(28(29,30)31)15-25(26(23)32-2)34-24-13-7-12-22-21-11-6-4-9-18(21)16-33-27(22)24/h3-16,34H,2H2,1H3. The average molecular weight is 455 g/mol. The summed E-state index contributed by atoms with van der Waals surface area (Å²) in [6.45, 7) is 5.51. The van der Waals surface area contributed by atoms with E-state index in [1.54, 1.807) is 24.4 Å². The number of hydrogen-bond acceptors (Lipinski definition) is 3. The minimum Gasteiger partial charge on any atom is -0.352 e. The number of pyridine rings is 1. The van der Waals surface area contributed by atoms with E-state index in [0.717, 1.165) is 33.9 Å². The summed E-state index contributed by atoms with van der Waals surface area (Å²) in [7, 11) is 0. The van der Waals surface area contributed by atoms with Gasteiger partial charge in [-0.3, -0.25) is 9.98 Å². The van der Waals surface area contributed by atoms with Crippen molar-refractivity contribution in [2.45, 2.75) is 13.1 Å². The van der Waals surface area contributed by atoms with Crippen LogP contribution in [0.5, 0.6) is 0 Å². The number of aliphatic imine (C=N–C) groups is 1. The van der Waals surface area contributed by atoms with Crippen molar-refractivity contribution in [3.05, 3.63) is 96.2 Å². The molecule has 0 saturated carbocycles. The Labute approximate surface area is 194 Å². The van der Waals surface area contributed by atoms with E-state index in [-0.39, 0.29) is 5.69 Å². The Balaban J connectivity index is 1.74. The van der Waals surface area contributed by atoms with E-state index < -0.39 is 11.7 Å². The lowest BCUT2D eigenvalue weighted by Gasteiger charge is -2.19. The summed E-state index contributed by atoms with van der Waals surface area (Å²) >= 11 is 0. The van der Waals surface area contributed by atoms with Crippen LogP contribution >= 0.6 is 0 Å². The Hall–Kier alpha value is -4.19. The Morgan fingerprint density at radius 3 is 2.32 bits per heavy atom. The molecule has 0 aliphatic heterocycles. The summed E-state index contributed by atoms with van der Waals surface area (Å²) in [5.74, 6) is 0. The van der Waals surface area contributed by atoms with Crippen LogP contribution in [0.1, 0.15) is 11.1 Å². The van der Waals surface area contributed by atoms with Gasteiger partial charge >= 0.3 is 6.18 Å². The highest BCUT2D eigenvalue weighted by atomic mass is 19.4. The Morgan fingerprint density at radius 2 is 1.56 bits per heavy atom. The number of rotatable bonds is 4. The number of aromatic nitrogens is 1. The minimum atomic E-state index is -4.53. The molecule has 4 aromatic carbocycles. The third-order valence-electron chi connectivity index (χ3n) is 5.92. The average Bonchev–Trinajstić information content (AvgIpc) is 2.83. The van der Waals surface area contributed by atoms with Gasteiger partial charge in [0.2, 0.25) is 0 Å². The van der Waals surface area contributed by atoms with Gasteiger partial charge in [0.15, 0.2) is 0 Å². The SMILES string of the molecule is C=Nc1c(Nc2cccc3c2ncc2ccccc23)cc(C(F)(F)F)cc1-c1ccccc1C. The number of fused-ring (bicyclic) bond motifs is 3. The number of halogens is 3. The maximum atomic E-state index is 13.9. The first-order valence-electron chi connectivity index (χ1n) is 10.7. The van der Waals surface area contributed by atoms with E-state index in [0.29, 0.717) is 28.0 Å². The van der Waals surface area contributed by atoms with Gasteiger partial charge in [-0.2, -0.15) is 13.2 Å². The zero-order valence-electron chi connectivity index (χ0n) is 18.3. The quantitative estimate of drug-likeness (QED) is 0.218. The second kappa shape index (κ2) is 8.30. The number of aryl methyl sites for hydroxylation is 1. The lowest BCUT2D eigenvalue weighted by atomic mass is 9.95. The first-order valence-corrected chi connectivity index (χ1v) is 10.7. The van der Waals surface area contributed by atoms with Crippen molar-refractivity contribution in [3.8, 4) is 11.1 Å². The third-order valence-corrected chi connectivity index (χ3v) is 5.92. The number of para-hydroxylation sites is 1. The molecule has 5 rings (SSSR count). The molecular formula is C28H20F3N3. The molecule has 34 heavy (non-hydrogen) atoms. The number of alkyl halides is 3. The molecule has 1 N–H and O–H groups in total. The van der Waals surface area contributed by atoms with Crippen molar-refractivity contribution in [1.82, 2.24) is 4.98 Å². The normalized spacial score (nSPS) is 11.6. The van der Waals surface area contributed by atoms with Gasteiger partial charge < -0.3 is 5.32 Å². The van der Waals surface area contributed by atoms with E-state index in [1.807, 2.05) is 55.5 Å². The van der Waals surface area contributed by atoms with E-state index in [9.17, 15) is 13.2 Å². The second-order valence-corrected chi connectivity index (χ2v) is 8.06. The molecule has 0 aliphatic rings. The van der Waals surface area contributed by atoms with Gasteiger partial charge in [0, 0.05) is 22.5 Å². The summed E-state index contributed by atoms with van der Waals surface area (Å²) in [4.78, 5) is 8.73. The molecule has 0 radical (unpaired) electrons. The highest BCUT2D eigenvalue weighted by molar-refractivity contribution is 6.09. The van der Waals surface area contributed by atoms with E-state index in [2.05, 4.69) is 22.0 Å². The fourth-order valence-electron chi connectivity index (χ4n) is 4.28. The van der Waals surface area contributed by atoms with Gasteiger partial charge in [-0.05, 0) is 48.4 Å². The number of nitrogens with zero attached hydrogens (tertiary/aromatic N) is 2. The number of benzene rings is 4. The fraction of sp³-hybridized carbons (Fsp3) is 0.0714. The maximum absolute atomic E-state index is 13.9. The van der Waals surface area contributed by atoms with E-state index in [4.69, 9.17) is 0 Å². The van der Waals surface area contributed by atoms with Gasteiger partial charge in [0.1, 0.15) is 0 Å². The fourth-order valence-corrected chi connectivity index (χ4v) is 4.28. The van der Waals surface area contributed by atoms with Crippen LogP contribution in [-0.4, -0.2) is 11.7 Å². The van der Waals surface area contributed by atoms with E-state index >= 15 is 0 Å². The Kier molecular flexibility index (Phi) is 5.28. The van der Waals surface area contributed by atoms with Crippen LogP contribution in [0.25, 0.3) is 32.8 Å². The minimum absolute atomic E-state index is 0.213. The molecule has 0 bridgehead atoms. The Bertz CT molecular complexity index is 1550. The van der Waals surface area contributed by atoms with Crippen molar-refractivity contribution >= 4 is 45.5 Å². The van der Waals surface area contributed by atoms with Gasteiger partial charge in [-0.15, -0.1) is 0 Å². The van der Waals surface area contributed by atoms with Crippen LogP contribution in [0.2, 0.25) is 0 Å². The number of nitrogens with one attached hydrogen (secondary N) is 1. The van der Waals surface area contributed by atoms with Crippen LogP contribution in [0.15, 0.2) is 90.1 Å². The van der Waals surface area contributed by atoms with Crippen molar-refractivity contribution in [1.29, 1.82) is 0 Å². The molecule has 0 aliphatic carbocycles. The summed E-state index contributed by atoms with van der Waals surface area (Å²) in [6, 6.07) is 23.0. The third kappa shape index (κ3) is 3.77. The van der Waals surface area contributed by atoms with Gasteiger partial charge in [-0.1, -0.05) is 60.7 Å². The van der Waals surface area contributed by atoms with Crippen LogP contribution in [0.4, 0.5) is 30.2 Å². The van der Waals surface area contributed by atoms with E-state index in [1.165, 1.54) is 0 Å². The zero-order chi connectivity index (χ0) is 23.9. The smallest absolute Gasteiger partial charge is 0.352 e. The molecule has 0 unspecified atom stereocenters. The molecule has 1 aromatic heterocycles. The lowest BCUT2D eigenvalue weighted by molar-refractivity contribution is -0.137. The number of anilines is 2. The van der Waals surface area contributed by atoms with Gasteiger partial charge in [-0.25, -0.2) is 0 Å². The topological polar surface area (TPSA) is 37.3 Å². The summed E-state index contributed by atoms with van der Waals surface area (Å²) in [5.41, 5.74) is 2.92. The van der Waals surface area contributed by atoms with Crippen LogP contribution in [0.3, 0.4) is 0 Å². The first kappa shape index (κ1) is 21.6. The van der Waals surface area contributed by atoms with Crippen LogP contribution in [-0.2, 0) is 6.18 Å². The van der Waals surface area contributed by atoms with Crippen LogP contribution < -0.4 is 5.32 Å². The molecule has 0 saturated heterocycles. The molecule has 1 heterocycles. The molecular weight excluding hydrogens is 435 g/mol. The van der Waals surface area contributed by atoms with Crippen molar-refractivity contribution in [3.63, 3.8) is 0 Å². The molecule has 5 aromatic rings. The predicted molar refractivity (Wildman–Crippen MR) is 133 cm³/mol. The molecule has 0 amide bonds. The van der Waals surface area contributed by atoms with Crippen molar-refractivity contribution in [2.24, 2.45) is 4.99 Å². The predicted octanol–water partition coefficient (Wildman–Crippen LogP) is 8.46. The largest absolute Gasteiger partial charge is 0.416 e. The maximum Gasteiger partial charge on any atom is 0.416 e. The van der Waals surface area contributed by atoms with Gasteiger partial charge in [0.05, 0.1) is 28.1 Å². The molecule has 3 nitrogen and oxygen atoms in total. The molecule has 0 fully saturated rings. The highest BCUT2D eigenvalue weighted by Crippen LogP contribution is 2.44. The molecule has 168 valence electrons. The summed E-state index contributed by atoms with van der Waals surface area (Å²) in [5, 5.41) is 6.09. The summed E-state index contributed by atoms with van der Waals surface area (Å²) < 4.78 is 41.6. The van der Waals surface area contributed by atoms with Crippen LogP contribution in [0, 0.1) is 6.92 Å². The monoisotopic (exact) mass is 455 g/mol. The molecule has 6 heteroatoms. The number of hydrogen-bond donors (Lipinski definition) is 1. The highest BCUT2D eigenvalue weighted by Gasteiger charge is 2.32. The first-order chi connectivity index (χ1) is 16.4. The molecule has 0 spiro atoms. The van der Waals surface area contributed by atoms with Crippen molar-refractivity contribution < 1.29 is 13.2 Å². The molecule has 0 atom stereocenters. The van der Waals surface area contributed by atoms with Crippen molar-refractivity contribution in [2.75, 3.05) is 5.32 Å². The Morgan fingerprint density at radius 1 is 0.824 bits per heavy atom. The second-order valence-electron chi connectivity index (χ2n) is 8.06.